The van der Waals surface area contributed by atoms with Crippen LogP contribution in [0.25, 0.3) is 22.8 Å². The van der Waals surface area contributed by atoms with Gasteiger partial charge in [-0.25, -0.2) is 9.97 Å². The van der Waals surface area contributed by atoms with Crippen LogP contribution in [0.5, 0.6) is 0 Å². The highest BCUT2D eigenvalue weighted by atomic mass is 79.9. The first-order valence-corrected chi connectivity index (χ1v) is 8.21. The molecule has 0 amide bonds. The Labute approximate surface area is 143 Å². The minimum atomic E-state index is 0.777. The van der Waals surface area contributed by atoms with Crippen LogP contribution in [0, 0.1) is 0 Å². The Morgan fingerprint density at radius 3 is 2.39 bits per heavy atom. The summed E-state index contributed by atoms with van der Waals surface area (Å²) in [5, 5.41) is 0. The Hall–Kier alpha value is -2.46. The second-order valence-corrected chi connectivity index (χ2v) is 6.25. The molecule has 2 aliphatic heterocycles. The third-order valence-corrected chi connectivity index (χ3v) is 4.54. The zero-order valence-corrected chi connectivity index (χ0v) is 13.9. The maximum Gasteiger partial charge on any atom is 0.160 e. The van der Waals surface area contributed by atoms with E-state index >= 15 is 0 Å². The van der Waals surface area contributed by atoms with Crippen molar-refractivity contribution in [2.45, 2.75) is 6.54 Å². The van der Waals surface area contributed by atoms with E-state index in [0.29, 0.717) is 0 Å². The van der Waals surface area contributed by atoms with E-state index in [-0.39, 0.29) is 0 Å². The van der Waals surface area contributed by atoms with Crippen molar-refractivity contribution in [3.8, 4) is 22.8 Å². The topological polar surface area (TPSA) is 30.7 Å². The van der Waals surface area contributed by atoms with E-state index in [9.17, 15) is 0 Å². The molecule has 2 aromatic rings. The molecule has 0 aromatic heterocycles. The highest BCUT2D eigenvalue weighted by molar-refractivity contribution is 9.10. The lowest BCUT2D eigenvalue weighted by molar-refractivity contribution is 0.786. The smallest absolute Gasteiger partial charge is 0.160 e. The molecular formula is C19H14BrN3. The molecule has 2 heterocycles. The molecule has 0 aliphatic carbocycles. The first-order chi connectivity index (χ1) is 11.3. The number of imidazole rings is 1. The van der Waals surface area contributed by atoms with Gasteiger partial charge in [0.2, 0.25) is 0 Å². The molecular weight excluding hydrogens is 350 g/mol. The molecule has 2 aromatic carbocycles. The van der Waals surface area contributed by atoms with Crippen LogP contribution in [0.3, 0.4) is 0 Å². The van der Waals surface area contributed by atoms with Crippen LogP contribution in [-0.2, 0) is 6.54 Å². The lowest BCUT2D eigenvalue weighted by atomic mass is 10.2. The van der Waals surface area contributed by atoms with Crippen molar-refractivity contribution in [1.29, 1.82) is 0 Å². The number of hydrogen-bond donors (Lipinski definition) is 0. The molecule has 0 radical (unpaired) electrons. The Morgan fingerprint density at radius 2 is 1.57 bits per heavy atom. The van der Waals surface area contributed by atoms with Crippen LogP contribution in [0.15, 0.2) is 77.5 Å². The Balaban J connectivity index is 1.69. The zero-order chi connectivity index (χ0) is 15.6. The molecule has 0 unspecified atom stereocenters. The van der Waals surface area contributed by atoms with Gasteiger partial charge in [-0.05, 0) is 17.7 Å². The maximum absolute atomic E-state index is 4.66. The quantitative estimate of drug-likeness (QED) is 0.520. The average Bonchev–Trinajstić information content (AvgIpc) is 3.01. The molecule has 0 atom stereocenters. The summed E-state index contributed by atoms with van der Waals surface area (Å²) < 4.78 is 3.25. The number of aromatic nitrogens is 3. The standard InChI is InChI=1S/C19H14BrN3/c20-16-9-5-4-8-15(16)12-23-11-10-17-18(13-23)22-19(21-17)14-6-2-1-3-7-14/h1-11,13H,12H2. The predicted molar refractivity (Wildman–Crippen MR) is 95.3 cm³/mol. The molecule has 3 nitrogen and oxygen atoms in total. The molecule has 0 bridgehead atoms. The summed E-state index contributed by atoms with van der Waals surface area (Å²) in [5.41, 5.74) is 4.12. The Bertz CT molecular complexity index is 915. The van der Waals surface area contributed by atoms with Crippen LogP contribution in [0.2, 0.25) is 0 Å². The van der Waals surface area contributed by atoms with Gasteiger partial charge in [0.1, 0.15) is 5.69 Å². The zero-order valence-electron chi connectivity index (χ0n) is 12.4. The molecule has 0 N–H and O–H groups in total. The van der Waals surface area contributed by atoms with Crippen LogP contribution >= 0.6 is 15.9 Å². The van der Waals surface area contributed by atoms with E-state index < -0.39 is 0 Å². The van der Waals surface area contributed by atoms with Gasteiger partial charge >= 0.3 is 0 Å². The van der Waals surface area contributed by atoms with E-state index in [0.717, 1.165) is 33.8 Å². The first-order valence-electron chi connectivity index (χ1n) is 7.42. The predicted octanol–water partition coefficient (Wildman–Crippen LogP) is 4.86. The van der Waals surface area contributed by atoms with E-state index in [2.05, 4.69) is 48.7 Å². The van der Waals surface area contributed by atoms with Crippen molar-refractivity contribution in [2.24, 2.45) is 0 Å². The van der Waals surface area contributed by atoms with Crippen molar-refractivity contribution in [3.05, 3.63) is 83.1 Å². The molecule has 2 aliphatic rings. The normalized spacial score (nSPS) is 11.0. The largest absolute Gasteiger partial charge is 0.348 e. The molecule has 23 heavy (non-hydrogen) atoms. The van der Waals surface area contributed by atoms with E-state index in [4.69, 9.17) is 0 Å². The van der Waals surface area contributed by atoms with Crippen molar-refractivity contribution >= 4 is 15.9 Å². The summed E-state index contributed by atoms with van der Waals surface area (Å²) in [6.07, 6.45) is 4.10. The van der Waals surface area contributed by atoms with Crippen molar-refractivity contribution in [1.82, 2.24) is 14.5 Å². The molecule has 0 spiro atoms. The van der Waals surface area contributed by atoms with Crippen LogP contribution in [0.1, 0.15) is 5.56 Å². The van der Waals surface area contributed by atoms with E-state index in [1.54, 1.807) is 0 Å². The maximum atomic E-state index is 4.66. The number of pyridine rings is 1. The molecule has 112 valence electrons. The Morgan fingerprint density at radius 1 is 0.826 bits per heavy atom. The lowest BCUT2D eigenvalue weighted by Gasteiger charge is -2.09. The van der Waals surface area contributed by atoms with E-state index in [1.165, 1.54) is 5.56 Å². The number of hydrogen-bond acceptors (Lipinski definition) is 2. The summed E-state index contributed by atoms with van der Waals surface area (Å²) in [4.78, 5) is 9.28. The second kappa shape index (κ2) is 5.97. The van der Waals surface area contributed by atoms with Gasteiger partial charge in [0.25, 0.3) is 0 Å². The van der Waals surface area contributed by atoms with Gasteiger partial charge in [-0.1, -0.05) is 64.5 Å². The summed E-state index contributed by atoms with van der Waals surface area (Å²) in [7, 11) is 0. The van der Waals surface area contributed by atoms with Gasteiger partial charge in [-0.2, -0.15) is 0 Å². The van der Waals surface area contributed by atoms with Crippen molar-refractivity contribution < 1.29 is 0 Å². The van der Waals surface area contributed by atoms with Gasteiger partial charge in [0, 0.05) is 29.0 Å². The minimum absolute atomic E-state index is 0.777. The highest BCUT2D eigenvalue weighted by Crippen LogP contribution is 2.25. The highest BCUT2D eigenvalue weighted by Gasteiger charge is 2.12. The van der Waals surface area contributed by atoms with Gasteiger partial charge in [-0.15, -0.1) is 0 Å². The minimum Gasteiger partial charge on any atom is -0.348 e. The van der Waals surface area contributed by atoms with E-state index in [1.807, 2.05) is 54.9 Å². The SMILES string of the molecule is Brc1ccccc1Cn1ccc2nc(-c3ccccc3)nc-2c1. The fourth-order valence-electron chi connectivity index (χ4n) is 2.59. The fraction of sp³-hybridized carbons (Fsp3) is 0.0526. The van der Waals surface area contributed by atoms with Crippen LogP contribution in [-0.4, -0.2) is 14.5 Å². The third-order valence-electron chi connectivity index (χ3n) is 3.77. The second-order valence-electron chi connectivity index (χ2n) is 5.39. The van der Waals surface area contributed by atoms with Crippen LogP contribution in [0.4, 0.5) is 0 Å². The molecule has 0 saturated heterocycles. The van der Waals surface area contributed by atoms with Crippen molar-refractivity contribution in [3.63, 3.8) is 0 Å². The number of rotatable bonds is 3. The number of fused-ring (bicyclic) bond motifs is 1. The van der Waals surface area contributed by atoms with Gasteiger partial charge in [-0.3, -0.25) is 0 Å². The number of halogens is 1. The van der Waals surface area contributed by atoms with Crippen LogP contribution < -0.4 is 0 Å². The van der Waals surface area contributed by atoms with Gasteiger partial charge in [0.05, 0.1) is 5.69 Å². The summed E-state index contributed by atoms with van der Waals surface area (Å²) in [6.45, 7) is 0.797. The fourth-order valence-corrected chi connectivity index (χ4v) is 3.00. The van der Waals surface area contributed by atoms with Gasteiger partial charge < -0.3 is 4.57 Å². The number of nitrogens with zero attached hydrogens (tertiary/aromatic N) is 3. The monoisotopic (exact) mass is 363 g/mol. The summed E-state index contributed by atoms with van der Waals surface area (Å²) >= 11 is 3.60. The van der Waals surface area contributed by atoms with Gasteiger partial charge in [0.15, 0.2) is 5.82 Å². The number of benzene rings is 2. The summed E-state index contributed by atoms with van der Waals surface area (Å²) in [6, 6.07) is 20.3. The molecule has 4 rings (SSSR count). The lowest BCUT2D eigenvalue weighted by Crippen LogP contribution is -2.01. The van der Waals surface area contributed by atoms with Crippen molar-refractivity contribution in [2.75, 3.05) is 0 Å². The molecule has 0 saturated carbocycles. The first kappa shape index (κ1) is 14.2. The average molecular weight is 364 g/mol. The molecule has 4 heteroatoms. The summed E-state index contributed by atoms with van der Waals surface area (Å²) in [5.74, 6) is 0.777. The third kappa shape index (κ3) is 2.90. The molecule has 0 fully saturated rings. The Kier molecular flexibility index (Phi) is 3.67.